The number of ether oxygens (including phenoxy) is 1. The van der Waals surface area contributed by atoms with Crippen molar-refractivity contribution in [2.45, 2.75) is 13.8 Å². The van der Waals surface area contributed by atoms with E-state index >= 15 is 0 Å². The molecule has 84 valence electrons. The molecule has 0 aliphatic heterocycles. The molecule has 0 atom stereocenters. The van der Waals surface area contributed by atoms with Crippen LogP contribution in [0, 0.1) is 18.3 Å². The second-order valence-corrected chi connectivity index (χ2v) is 2.97. The molecule has 1 aromatic rings. The first-order valence-electron chi connectivity index (χ1n) is 4.73. The summed E-state index contributed by atoms with van der Waals surface area (Å²) in [5.74, 6) is -0.112. The van der Waals surface area contributed by atoms with Crippen molar-refractivity contribution in [3.8, 4) is 6.07 Å². The summed E-state index contributed by atoms with van der Waals surface area (Å²) in [5.41, 5.74) is 0.785. The minimum absolute atomic E-state index is 0.0949. The van der Waals surface area contributed by atoms with Gasteiger partial charge in [0.2, 0.25) is 0 Å². The third-order valence-corrected chi connectivity index (χ3v) is 1.69. The Morgan fingerprint density at radius 3 is 3.06 bits per heavy atom. The van der Waals surface area contributed by atoms with Crippen molar-refractivity contribution in [2.75, 3.05) is 11.9 Å². The third-order valence-electron chi connectivity index (χ3n) is 1.69. The van der Waals surface area contributed by atoms with Gasteiger partial charge in [0.1, 0.15) is 6.07 Å². The van der Waals surface area contributed by atoms with E-state index in [1.54, 1.807) is 19.1 Å². The summed E-state index contributed by atoms with van der Waals surface area (Å²) in [6.07, 6.45) is 1.27. The number of nitrogens with one attached hydrogen (secondary N) is 2. The molecule has 1 aromatic heterocycles. The molecule has 0 aliphatic rings. The first-order valence-corrected chi connectivity index (χ1v) is 4.73. The number of nitriles is 1. The van der Waals surface area contributed by atoms with Crippen molar-refractivity contribution in [1.29, 1.82) is 5.26 Å². The lowest BCUT2D eigenvalue weighted by Gasteiger charge is -1.99. The minimum Gasteiger partial charge on any atom is -0.462 e. The molecule has 0 radical (unpaired) electrons. The Hall–Kier alpha value is -2.29. The maximum atomic E-state index is 11.2. The number of aryl methyl sites for hydroxylation is 1. The Balaban J connectivity index is 2.67. The van der Waals surface area contributed by atoms with Crippen LogP contribution in [0.5, 0.6) is 0 Å². The van der Waals surface area contributed by atoms with Gasteiger partial charge in [-0.1, -0.05) is 0 Å². The Labute approximate surface area is 92.9 Å². The smallest absolute Gasteiger partial charge is 0.350 e. The molecular formula is C10H12N4O2. The zero-order valence-electron chi connectivity index (χ0n) is 9.07. The Morgan fingerprint density at radius 1 is 1.81 bits per heavy atom. The molecule has 16 heavy (non-hydrogen) atoms. The van der Waals surface area contributed by atoms with Crippen molar-refractivity contribution in [3.05, 3.63) is 23.5 Å². The number of rotatable bonds is 4. The van der Waals surface area contributed by atoms with Crippen LogP contribution in [0.15, 0.2) is 17.8 Å². The van der Waals surface area contributed by atoms with Gasteiger partial charge in [-0.3, -0.25) is 5.10 Å². The monoisotopic (exact) mass is 220 g/mol. The fraction of sp³-hybridized carbons (Fsp3) is 0.300. The summed E-state index contributed by atoms with van der Waals surface area (Å²) in [4.78, 5) is 11.2. The van der Waals surface area contributed by atoms with Crippen LogP contribution in [0.1, 0.15) is 12.6 Å². The highest BCUT2D eigenvalue weighted by atomic mass is 16.5. The summed E-state index contributed by atoms with van der Waals surface area (Å²) < 4.78 is 4.69. The van der Waals surface area contributed by atoms with Gasteiger partial charge in [0.15, 0.2) is 11.4 Å². The van der Waals surface area contributed by atoms with Crippen LogP contribution in [-0.2, 0) is 9.53 Å². The number of aromatic nitrogens is 2. The SMILES string of the molecule is CCOC(=O)C(C#N)=CNc1cc(C)[nH]n1. The third kappa shape index (κ3) is 3.13. The van der Waals surface area contributed by atoms with Crippen LogP contribution in [0.2, 0.25) is 0 Å². The largest absolute Gasteiger partial charge is 0.462 e. The lowest BCUT2D eigenvalue weighted by Crippen LogP contribution is -2.07. The first-order chi connectivity index (χ1) is 7.67. The number of hydrogen-bond acceptors (Lipinski definition) is 5. The van der Waals surface area contributed by atoms with Crippen molar-refractivity contribution in [3.63, 3.8) is 0 Å². The van der Waals surface area contributed by atoms with E-state index in [-0.39, 0.29) is 12.2 Å². The molecule has 0 bridgehead atoms. The number of aromatic amines is 1. The topological polar surface area (TPSA) is 90.8 Å². The van der Waals surface area contributed by atoms with Gasteiger partial charge in [0.25, 0.3) is 0 Å². The molecule has 6 heteroatoms. The molecule has 0 saturated carbocycles. The zero-order chi connectivity index (χ0) is 12.0. The van der Waals surface area contributed by atoms with Crippen LogP contribution in [0.3, 0.4) is 0 Å². The number of esters is 1. The number of nitrogens with zero attached hydrogens (tertiary/aromatic N) is 2. The fourth-order valence-electron chi connectivity index (χ4n) is 0.984. The van der Waals surface area contributed by atoms with Crippen molar-refractivity contribution < 1.29 is 9.53 Å². The van der Waals surface area contributed by atoms with E-state index < -0.39 is 5.97 Å². The zero-order valence-corrected chi connectivity index (χ0v) is 9.07. The number of anilines is 1. The first kappa shape index (κ1) is 11.8. The maximum Gasteiger partial charge on any atom is 0.350 e. The Bertz CT molecular complexity index is 442. The van der Waals surface area contributed by atoms with Crippen molar-refractivity contribution in [1.82, 2.24) is 10.2 Å². The lowest BCUT2D eigenvalue weighted by molar-refractivity contribution is -0.138. The van der Waals surface area contributed by atoms with Gasteiger partial charge in [-0.15, -0.1) is 0 Å². The van der Waals surface area contributed by atoms with Gasteiger partial charge in [-0.2, -0.15) is 10.4 Å². The highest BCUT2D eigenvalue weighted by Crippen LogP contribution is 2.05. The standard InChI is InChI=1S/C10H12N4O2/c1-3-16-10(15)8(5-11)6-12-9-4-7(2)13-14-9/h4,6H,3H2,1-2H3,(H2,12,13,14). The van der Waals surface area contributed by atoms with E-state index in [2.05, 4.69) is 15.5 Å². The van der Waals surface area contributed by atoms with Crippen LogP contribution in [0.4, 0.5) is 5.82 Å². The van der Waals surface area contributed by atoms with Crippen LogP contribution in [0.25, 0.3) is 0 Å². The molecule has 0 aliphatic carbocycles. The van der Waals surface area contributed by atoms with Gasteiger partial charge < -0.3 is 10.1 Å². The second kappa shape index (κ2) is 5.56. The summed E-state index contributed by atoms with van der Waals surface area (Å²) in [7, 11) is 0. The summed E-state index contributed by atoms with van der Waals surface area (Å²) in [5, 5.41) is 18.1. The van der Waals surface area contributed by atoms with E-state index in [0.717, 1.165) is 5.69 Å². The average molecular weight is 220 g/mol. The predicted octanol–water partition coefficient (Wildman–Crippen LogP) is 1.10. The summed E-state index contributed by atoms with van der Waals surface area (Å²) >= 11 is 0. The highest BCUT2D eigenvalue weighted by molar-refractivity contribution is 5.93. The summed E-state index contributed by atoms with van der Waals surface area (Å²) in [6.45, 7) is 3.76. The van der Waals surface area contributed by atoms with Gasteiger partial charge in [0, 0.05) is 18.0 Å². The van der Waals surface area contributed by atoms with E-state index in [1.807, 2.05) is 6.92 Å². The number of carbonyl (C=O) groups excluding carboxylic acids is 1. The average Bonchev–Trinajstić information content (AvgIpc) is 2.65. The maximum absolute atomic E-state index is 11.2. The molecular weight excluding hydrogens is 208 g/mol. The van der Waals surface area contributed by atoms with Crippen molar-refractivity contribution in [2.24, 2.45) is 0 Å². The van der Waals surface area contributed by atoms with Crippen molar-refractivity contribution >= 4 is 11.8 Å². The van der Waals surface area contributed by atoms with E-state index in [4.69, 9.17) is 10.00 Å². The number of hydrogen-bond donors (Lipinski definition) is 2. The fourth-order valence-corrected chi connectivity index (χ4v) is 0.984. The molecule has 0 unspecified atom stereocenters. The molecule has 0 aromatic carbocycles. The summed E-state index contributed by atoms with van der Waals surface area (Å²) in [6, 6.07) is 3.50. The molecule has 0 saturated heterocycles. The number of H-pyrrole nitrogens is 1. The van der Waals surface area contributed by atoms with Crippen LogP contribution >= 0.6 is 0 Å². The van der Waals surface area contributed by atoms with Gasteiger partial charge in [0.05, 0.1) is 6.61 Å². The molecule has 0 amide bonds. The van der Waals surface area contributed by atoms with E-state index in [9.17, 15) is 4.79 Å². The second-order valence-electron chi connectivity index (χ2n) is 2.97. The Kier molecular flexibility index (Phi) is 4.09. The quantitative estimate of drug-likeness (QED) is 0.450. The van der Waals surface area contributed by atoms with E-state index in [0.29, 0.717) is 5.82 Å². The highest BCUT2D eigenvalue weighted by Gasteiger charge is 2.09. The molecule has 2 N–H and O–H groups in total. The van der Waals surface area contributed by atoms with E-state index in [1.165, 1.54) is 6.20 Å². The molecule has 1 rings (SSSR count). The molecule has 0 spiro atoms. The van der Waals surface area contributed by atoms with Gasteiger partial charge >= 0.3 is 5.97 Å². The van der Waals surface area contributed by atoms with Crippen LogP contribution in [-0.4, -0.2) is 22.8 Å². The van der Waals surface area contributed by atoms with Crippen LogP contribution < -0.4 is 5.32 Å². The molecule has 1 heterocycles. The van der Waals surface area contributed by atoms with Gasteiger partial charge in [-0.25, -0.2) is 4.79 Å². The minimum atomic E-state index is -0.648. The number of carbonyl (C=O) groups is 1. The lowest BCUT2D eigenvalue weighted by atomic mass is 10.3. The Morgan fingerprint density at radius 2 is 2.56 bits per heavy atom. The normalized spacial score (nSPS) is 10.7. The molecule has 0 fully saturated rings. The predicted molar refractivity (Wildman–Crippen MR) is 57.3 cm³/mol. The molecule has 6 nitrogen and oxygen atoms in total. The van der Waals surface area contributed by atoms with Gasteiger partial charge in [-0.05, 0) is 13.8 Å².